The van der Waals surface area contributed by atoms with Gasteiger partial charge in [0.1, 0.15) is 0 Å². The van der Waals surface area contributed by atoms with Crippen molar-refractivity contribution in [2.75, 3.05) is 5.32 Å². The van der Waals surface area contributed by atoms with E-state index in [0.29, 0.717) is 0 Å². The Kier molecular flexibility index (Phi) is 3.57. The lowest BCUT2D eigenvalue weighted by Crippen LogP contribution is -2.06. The molecule has 0 saturated carbocycles. The molecule has 3 aromatic rings. The molecule has 3 heteroatoms. The van der Waals surface area contributed by atoms with Gasteiger partial charge in [0.15, 0.2) is 0 Å². The van der Waals surface area contributed by atoms with Crippen LogP contribution in [-0.4, -0.2) is 4.98 Å². The van der Waals surface area contributed by atoms with Crippen molar-refractivity contribution < 1.29 is 0 Å². The van der Waals surface area contributed by atoms with E-state index in [2.05, 4.69) is 41.5 Å². The van der Waals surface area contributed by atoms with E-state index in [1.54, 1.807) is 0 Å². The molecule has 1 unspecified atom stereocenters. The van der Waals surface area contributed by atoms with E-state index >= 15 is 0 Å². The highest BCUT2D eigenvalue weighted by Crippen LogP contribution is 2.27. The molecular formula is C17H15ClN2. The predicted octanol–water partition coefficient (Wildman–Crippen LogP) is 5.06. The van der Waals surface area contributed by atoms with E-state index in [9.17, 15) is 0 Å². The van der Waals surface area contributed by atoms with Crippen LogP contribution in [0.2, 0.25) is 5.02 Å². The number of nitrogens with one attached hydrogen (secondary N) is 1. The predicted molar refractivity (Wildman–Crippen MR) is 85.2 cm³/mol. The highest BCUT2D eigenvalue weighted by atomic mass is 35.5. The second kappa shape index (κ2) is 5.51. The van der Waals surface area contributed by atoms with Crippen LogP contribution in [0, 0.1) is 0 Å². The normalized spacial score (nSPS) is 12.3. The molecule has 0 bridgehead atoms. The third-order valence-corrected chi connectivity index (χ3v) is 3.61. The maximum atomic E-state index is 6.09. The Balaban J connectivity index is 1.97. The first-order chi connectivity index (χ1) is 9.74. The molecule has 0 aliphatic heterocycles. The first-order valence-electron chi connectivity index (χ1n) is 6.60. The summed E-state index contributed by atoms with van der Waals surface area (Å²) < 4.78 is 0. The van der Waals surface area contributed by atoms with Gasteiger partial charge in [-0.25, -0.2) is 0 Å². The molecule has 2 nitrogen and oxygen atoms in total. The van der Waals surface area contributed by atoms with Crippen LogP contribution in [0.25, 0.3) is 10.9 Å². The minimum Gasteiger partial charge on any atom is -0.378 e. The molecule has 1 atom stereocenters. The molecule has 3 rings (SSSR count). The number of halogens is 1. The van der Waals surface area contributed by atoms with E-state index in [-0.39, 0.29) is 6.04 Å². The lowest BCUT2D eigenvalue weighted by molar-refractivity contribution is 0.886. The largest absolute Gasteiger partial charge is 0.378 e. The summed E-state index contributed by atoms with van der Waals surface area (Å²) in [4.78, 5) is 4.36. The molecule has 1 aromatic heterocycles. The van der Waals surface area contributed by atoms with Crippen molar-refractivity contribution in [3.63, 3.8) is 0 Å². The van der Waals surface area contributed by atoms with Crippen LogP contribution in [0.4, 0.5) is 5.69 Å². The van der Waals surface area contributed by atoms with Gasteiger partial charge in [-0.2, -0.15) is 0 Å². The van der Waals surface area contributed by atoms with Gasteiger partial charge in [-0.1, -0.05) is 41.9 Å². The second-order valence-electron chi connectivity index (χ2n) is 4.80. The number of rotatable bonds is 3. The highest BCUT2D eigenvalue weighted by molar-refractivity contribution is 6.31. The summed E-state index contributed by atoms with van der Waals surface area (Å²) in [6, 6.07) is 18.3. The van der Waals surface area contributed by atoms with Gasteiger partial charge >= 0.3 is 0 Å². The molecule has 0 amide bonds. The Morgan fingerprint density at radius 3 is 2.65 bits per heavy atom. The van der Waals surface area contributed by atoms with Crippen LogP contribution in [0.5, 0.6) is 0 Å². The molecule has 100 valence electrons. The van der Waals surface area contributed by atoms with Crippen LogP contribution in [0.3, 0.4) is 0 Å². The molecule has 1 heterocycles. The number of hydrogen-bond donors (Lipinski definition) is 1. The molecule has 0 radical (unpaired) electrons. The van der Waals surface area contributed by atoms with Crippen LogP contribution < -0.4 is 5.32 Å². The molecule has 2 aromatic carbocycles. The van der Waals surface area contributed by atoms with E-state index in [1.165, 1.54) is 5.56 Å². The Bertz CT molecular complexity index is 725. The molecule has 20 heavy (non-hydrogen) atoms. The van der Waals surface area contributed by atoms with Crippen molar-refractivity contribution in [1.82, 2.24) is 4.98 Å². The average molecular weight is 283 g/mol. The third kappa shape index (κ3) is 2.61. The van der Waals surface area contributed by atoms with Crippen molar-refractivity contribution in [1.29, 1.82) is 0 Å². The molecule has 1 N–H and O–H groups in total. The Morgan fingerprint density at radius 1 is 1.05 bits per heavy atom. The van der Waals surface area contributed by atoms with E-state index in [4.69, 9.17) is 11.6 Å². The van der Waals surface area contributed by atoms with Crippen LogP contribution in [0.15, 0.2) is 60.8 Å². The summed E-state index contributed by atoms with van der Waals surface area (Å²) in [5.74, 6) is 0. The van der Waals surface area contributed by atoms with Crippen molar-refractivity contribution in [3.05, 3.63) is 71.4 Å². The van der Waals surface area contributed by atoms with Gasteiger partial charge in [-0.05, 0) is 36.8 Å². The first-order valence-corrected chi connectivity index (χ1v) is 6.97. The SMILES string of the molecule is CC(Nc1ccnc2ccc(Cl)cc12)c1ccccc1. The zero-order valence-electron chi connectivity index (χ0n) is 11.2. The molecule has 0 aliphatic carbocycles. The summed E-state index contributed by atoms with van der Waals surface area (Å²) in [6.07, 6.45) is 1.82. The quantitative estimate of drug-likeness (QED) is 0.726. The van der Waals surface area contributed by atoms with E-state index in [0.717, 1.165) is 21.6 Å². The minimum atomic E-state index is 0.223. The standard InChI is InChI=1S/C17H15ClN2/c1-12(13-5-3-2-4-6-13)20-17-9-10-19-16-8-7-14(18)11-15(16)17/h2-12H,1H3,(H,19,20). The number of benzene rings is 2. The monoisotopic (exact) mass is 282 g/mol. The topological polar surface area (TPSA) is 24.9 Å². The fourth-order valence-corrected chi connectivity index (χ4v) is 2.47. The first kappa shape index (κ1) is 12.9. The molecular weight excluding hydrogens is 268 g/mol. The average Bonchev–Trinajstić information content (AvgIpc) is 2.49. The lowest BCUT2D eigenvalue weighted by Gasteiger charge is -2.17. The maximum absolute atomic E-state index is 6.09. The fraction of sp³-hybridized carbons (Fsp3) is 0.118. The van der Waals surface area contributed by atoms with Crippen LogP contribution in [0.1, 0.15) is 18.5 Å². The lowest BCUT2D eigenvalue weighted by atomic mass is 10.1. The number of anilines is 1. The summed E-state index contributed by atoms with van der Waals surface area (Å²) in [7, 11) is 0. The van der Waals surface area contributed by atoms with Crippen molar-refractivity contribution in [2.45, 2.75) is 13.0 Å². The summed E-state index contributed by atoms with van der Waals surface area (Å²) >= 11 is 6.09. The minimum absolute atomic E-state index is 0.223. The zero-order valence-corrected chi connectivity index (χ0v) is 11.9. The van der Waals surface area contributed by atoms with E-state index in [1.807, 2.05) is 36.5 Å². The van der Waals surface area contributed by atoms with Crippen molar-refractivity contribution in [3.8, 4) is 0 Å². The highest BCUT2D eigenvalue weighted by Gasteiger charge is 2.08. The van der Waals surface area contributed by atoms with Crippen molar-refractivity contribution in [2.24, 2.45) is 0 Å². The molecule has 0 aliphatic rings. The zero-order chi connectivity index (χ0) is 13.9. The number of nitrogens with zero attached hydrogens (tertiary/aromatic N) is 1. The van der Waals surface area contributed by atoms with Gasteiger partial charge < -0.3 is 5.32 Å². The summed E-state index contributed by atoms with van der Waals surface area (Å²) in [5.41, 5.74) is 3.24. The Hall–Kier alpha value is -2.06. The summed E-state index contributed by atoms with van der Waals surface area (Å²) in [6.45, 7) is 2.14. The fourth-order valence-electron chi connectivity index (χ4n) is 2.30. The van der Waals surface area contributed by atoms with E-state index < -0.39 is 0 Å². The maximum Gasteiger partial charge on any atom is 0.0723 e. The van der Waals surface area contributed by atoms with Gasteiger partial charge in [-0.15, -0.1) is 0 Å². The summed E-state index contributed by atoms with van der Waals surface area (Å²) in [5, 5.41) is 5.30. The Morgan fingerprint density at radius 2 is 1.85 bits per heavy atom. The smallest absolute Gasteiger partial charge is 0.0723 e. The Labute approximate surface area is 123 Å². The number of aromatic nitrogens is 1. The molecule has 0 saturated heterocycles. The number of hydrogen-bond acceptors (Lipinski definition) is 2. The van der Waals surface area contributed by atoms with Crippen molar-refractivity contribution >= 4 is 28.2 Å². The molecule has 0 spiro atoms. The number of fused-ring (bicyclic) bond motifs is 1. The second-order valence-corrected chi connectivity index (χ2v) is 5.23. The van der Waals surface area contributed by atoms with Gasteiger partial charge in [0.2, 0.25) is 0 Å². The number of pyridine rings is 1. The van der Waals surface area contributed by atoms with Gasteiger partial charge in [0.25, 0.3) is 0 Å². The van der Waals surface area contributed by atoms with Crippen LogP contribution in [-0.2, 0) is 0 Å². The van der Waals surface area contributed by atoms with Gasteiger partial charge in [0, 0.05) is 28.3 Å². The van der Waals surface area contributed by atoms with Gasteiger partial charge in [0.05, 0.1) is 5.52 Å². The van der Waals surface area contributed by atoms with Crippen LogP contribution >= 0.6 is 11.6 Å². The third-order valence-electron chi connectivity index (χ3n) is 3.38. The molecule has 0 fully saturated rings. The van der Waals surface area contributed by atoms with Gasteiger partial charge in [-0.3, -0.25) is 4.98 Å².